The molecule has 0 saturated carbocycles. The van der Waals surface area contributed by atoms with E-state index in [4.69, 9.17) is 11.6 Å². The number of nitrogens with one attached hydrogen (secondary N) is 1. The summed E-state index contributed by atoms with van der Waals surface area (Å²) < 4.78 is 40.5. The first kappa shape index (κ1) is 20.2. The zero-order valence-corrected chi connectivity index (χ0v) is 16.2. The Kier molecular flexibility index (Phi) is 5.93. The van der Waals surface area contributed by atoms with E-state index >= 15 is 0 Å². The van der Waals surface area contributed by atoms with Gasteiger partial charge in [-0.25, -0.2) is 12.8 Å². The van der Waals surface area contributed by atoms with E-state index in [1.54, 1.807) is 39.0 Å². The maximum Gasteiger partial charge on any atom is 0.264 e. The fraction of sp³-hybridized carbons (Fsp3) is 0.278. The standard InChI is InChI=1S/C18H20ClFN2O3S/c1-18(2,3)21-17(23)12-22(13-9-10-16(20)15(19)11-13)26(24,25)14-7-5-4-6-8-14/h4-11H,12H2,1-3H3,(H,21,23). The van der Waals surface area contributed by atoms with E-state index < -0.39 is 33.8 Å². The van der Waals surface area contributed by atoms with Crippen molar-refractivity contribution in [3.8, 4) is 0 Å². The van der Waals surface area contributed by atoms with Gasteiger partial charge in [-0.05, 0) is 51.1 Å². The molecule has 2 aromatic carbocycles. The summed E-state index contributed by atoms with van der Waals surface area (Å²) in [4.78, 5) is 12.4. The molecule has 0 aromatic heterocycles. The van der Waals surface area contributed by atoms with Crippen LogP contribution in [0.1, 0.15) is 20.8 Å². The summed E-state index contributed by atoms with van der Waals surface area (Å²) in [7, 11) is -4.04. The fourth-order valence-corrected chi connectivity index (χ4v) is 3.87. The van der Waals surface area contributed by atoms with Gasteiger partial charge in [0.1, 0.15) is 12.4 Å². The molecule has 8 heteroatoms. The van der Waals surface area contributed by atoms with Gasteiger partial charge in [-0.3, -0.25) is 9.10 Å². The summed E-state index contributed by atoms with van der Waals surface area (Å²) >= 11 is 5.80. The van der Waals surface area contributed by atoms with Crippen LogP contribution in [0.15, 0.2) is 53.4 Å². The van der Waals surface area contributed by atoms with Crippen LogP contribution in [0.25, 0.3) is 0 Å². The Hall–Kier alpha value is -2.12. The van der Waals surface area contributed by atoms with Crippen LogP contribution in [0.2, 0.25) is 5.02 Å². The summed E-state index contributed by atoms with van der Waals surface area (Å²) in [5, 5.41) is 2.49. The molecule has 0 atom stereocenters. The van der Waals surface area contributed by atoms with Crippen LogP contribution in [0.3, 0.4) is 0 Å². The number of benzene rings is 2. The van der Waals surface area contributed by atoms with E-state index in [1.807, 2.05) is 0 Å². The van der Waals surface area contributed by atoms with Crippen LogP contribution in [-0.2, 0) is 14.8 Å². The second-order valence-electron chi connectivity index (χ2n) is 6.72. The highest BCUT2D eigenvalue weighted by Gasteiger charge is 2.28. The van der Waals surface area contributed by atoms with E-state index in [0.717, 1.165) is 10.4 Å². The highest BCUT2D eigenvalue weighted by Crippen LogP contribution is 2.27. The Morgan fingerprint density at radius 3 is 2.31 bits per heavy atom. The molecule has 0 heterocycles. The zero-order chi connectivity index (χ0) is 19.5. The van der Waals surface area contributed by atoms with E-state index in [2.05, 4.69) is 5.32 Å². The maximum absolute atomic E-state index is 13.5. The smallest absolute Gasteiger partial charge is 0.264 e. The highest BCUT2D eigenvalue weighted by molar-refractivity contribution is 7.92. The zero-order valence-electron chi connectivity index (χ0n) is 14.7. The van der Waals surface area contributed by atoms with Crippen molar-refractivity contribution in [1.29, 1.82) is 0 Å². The summed E-state index contributed by atoms with van der Waals surface area (Å²) in [6.07, 6.45) is 0. The first-order valence-corrected chi connectivity index (χ1v) is 9.66. The molecule has 5 nitrogen and oxygen atoms in total. The van der Waals surface area contributed by atoms with E-state index in [-0.39, 0.29) is 15.6 Å². The Balaban J connectivity index is 2.48. The number of nitrogens with zero attached hydrogens (tertiary/aromatic N) is 1. The van der Waals surface area contributed by atoms with Crippen molar-refractivity contribution in [3.05, 3.63) is 59.4 Å². The van der Waals surface area contributed by atoms with E-state index in [9.17, 15) is 17.6 Å². The molecule has 2 rings (SSSR count). The molecule has 0 radical (unpaired) electrons. The quantitative estimate of drug-likeness (QED) is 0.836. The van der Waals surface area contributed by atoms with Crippen molar-refractivity contribution in [2.45, 2.75) is 31.2 Å². The van der Waals surface area contributed by atoms with E-state index in [1.165, 1.54) is 24.3 Å². The molecule has 0 aliphatic carbocycles. The molecule has 0 unspecified atom stereocenters. The van der Waals surface area contributed by atoms with Crippen LogP contribution in [0, 0.1) is 5.82 Å². The topological polar surface area (TPSA) is 66.5 Å². The number of anilines is 1. The number of carbonyl (C=O) groups is 1. The normalized spacial score (nSPS) is 11.9. The minimum absolute atomic E-state index is 0.0176. The molecular formula is C18H20ClFN2O3S. The first-order valence-electron chi connectivity index (χ1n) is 7.84. The molecule has 0 bridgehead atoms. The molecule has 0 spiro atoms. The predicted octanol–water partition coefficient (Wildman–Crippen LogP) is 3.59. The molecule has 0 saturated heterocycles. The van der Waals surface area contributed by atoms with Crippen molar-refractivity contribution in [2.24, 2.45) is 0 Å². The summed E-state index contributed by atoms with van der Waals surface area (Å²) in [6, 6.07) is 11.2. The summed E-state index contributed by atoms with van der Waals surface area (Å²) in [5.74, 6) is -1.16. The van der Waals surface area contributed by atoms with Gasteiger partial charge in [-0.2, -0.15) is 0 Å². The van der Waals surface area contributed by atoms with Gasteiger partial charge in [0.15, 0.2) is 0 Å². The van der Waals surface area contributed by atoms with Crippen LogP contribution in [0.5, 0.6) is 0 Å². The predicted molar refractivity (Wildman–Crippen MR) is 100 cm³/mol. The third-order valence-electron chi connectivity index (χ3n) is 3.32. The van der Waals surface area contributed by atoms with Crippen molar-refractivity contribution in [1.82, 2.24) is 5.32 Å². The monoisotopic (exact) mass is 398 g/mol. The van der Waals surface area contributed by atoms with Crippen molar-refractivity contribution < 1.29 is 17.6 Å². The SMILES string of the molecule is CC(C)(C)NC(=O)CN(c1ccc(F)c(Cl)c1)S(=O)(=O)c1ccccc1. The van der Waals surface area contributed by atoms with Crippen LogP contribution < -0.4 is 9.62 Å². The Labute approximate surface area is 157 Å². The molecule has 2 aromatic rings. The largest absolute Gasteiger partial charge is 0.350 e. The fourth-order valence-electron chi connectivity index (χ4n) is 2.26. The molecule has 0 fully saturated rings. The first-order chi connectivity index (χ1) is 12.0. The molecule has 140 valence electrons. The van der Waals surface area contributed by atoms with Gasteiger partial charge in [-0.1, -0.05) is 29.8 Å². The lowest BCUT2D eigenvalue weighted by molar-refractivity contribution is -0.121. The minimum atomic E-state index is -4.04. The molecule has 26 heavy (non-hydrogen) atoms. The molecule has 0 aliphatic heterocycles. The summed E-state index contributed by atoms with van der Waals surface area (Å²) in [5.41, 5.74) is -0.427. The van der Waals surface area contributed by atoms with Gasteiger partial charge in [-0.15, -0.1) is 0 Å². The third-order valence-corrected chi connectivity index (χ3v) is 5.40. The summed E-state index contributed by atoms with van der Waals surface area (Å²) in [6.45, 7) is 4.90. The van der Waals surface area contributed by atoms with Gasteiger partial charge in [0.2, 0.25) is 5.91 Å². The lowest BCUT2D eigenvalue weighted by atomic mass is 10.1. The van der Waals surface area contributed by atoms with Crippen molar-refractivity contribution in [3.63, 3.8) is 0 Å². The number of amides is 1. The average molecular weight is 399 g/mol. The second-order valence-corrected chi connectivity index (χ2v) is 8.99. The number of halogens is 2. The average Bonchev–Trinajstić information content (AvgIpc) is 2.54. The van der Waals surface area contributed by atoms with Crippen LogP contribution >= 0.6 is 11.6 Å². The lowest BCUT2D eigenvalue weighted by Gasteiger charge is -2.27. The van der Waals surface area contributed by atoms with Crippen molar-refractivity contribution in [2.75, 3.05) is 10.8 Å². The van der Waals surface area contributed by atoms with Gasteiger partial charge in [0.05, 0.1) is 15.6 Å². The van der Waals surface area contributed by atoms with Gasteiger partial charge >= 0.3 is 0 Å². The number of rotatable bonds is 5. The van der Waals surface area contributed by atoms with Crippen molar-refractivity contribution >= 4 is 33.2 Å². The van der Waals surface area contributed by atoms with Gasteiger partial charge in [0.25, 0.3) is 10.0 Å². The van der Waals surface area contributed by atoms with Crippen LogP contribution in [-0.4, -0.2) is 26.4 Å². The molecule has 0 aliphatic rings. The van der Waals surface area contributed by atoms with Gasteiger partial charge < -0.3 is 5.32 Å². The Morgan fingerprint density at radius 2 is 1.77 bits per heavy atom. The Morgan fingerprint density at radius 1 is 1.15 bits per heavy atom. The molecular weight excluding hydrogens is 379 g/mol. The van der Waals surface area contributed by atoms with Crippen LogP contribution in [0.4, 0.5) is 10.1 Å². The maximum atomic E-state index is 13.5. The number of hydrogen-bond acceptors (Lipinski definition) is 3. The highest BCUT2D eigenvalue weighted by atomic mass is 35.5. The molecule has 1 N–H and O–H groups in total. The third kappa shape index (κ3) is 4.95. The number of sulfonamides is 1. The Bertz CT molecular complexity index is 896. The minimum Gasteiger partial charge on any atom is -0.350 e. The van der Waals surface area contributed by atoms with Gasteiger partial charge in [0, 0.05) is 5.54 Å². The second kappa shape index (κ2) is 7.63. The number of carbonyl (C=O) groups excluding carboxylic acids is 1. The number of hydrogen-bond donors (Lipinski definition) is 1. The van der Waals surface area contributed by atoms with E-state index in [0.29, 0.717) is 0 Å². The lowest BCUT2D eigenvalue weighted by Crippen LogP contribution is -2.47. The molecule has 1 amide bonds.